The van der Waals surface area contributed by atoms with E-state index in [0.29, 0.717) is 35.1 Å². The number of hydrogen-bond acceptors (Lipinski definition) is 6. The van der Waals surface area contributed by atoms with Gasteiger partial charge in [0.2, 0.25) is 0 Å². The number of aromatic amines is 1. The van der Waals surface area contributed by atoms with E-state index >= 15 is 0 Å². The molecule has 0 bridgehead atoms. The smallest absolute Gasteiger partial charge is 0.328 e. The molecule has 0 saturated carbocycles. The molecule has 6 N–H and O–H groups in total. The number of fused-ring (bicyclic) bond motifs is 1. The highest BCUT2D eigenvalue weighted by Crippen LogP contribution is 2.27. The van der Waals surface area contributed by atoms with Crippen molar-refractivity contribution in [2.24, 2.45) is 11.6 Å². The van der Waals surface area contributed by atoms with Crippen LogP contribution in [0.5, 0.6) is 0 Å². The van der Waals surface area contributed by atoms with Crippen molar-refractivity contribution < 1.29 is 0 Å². The standard InChI is InChI=1S/C23H25N7O/c1-14(2)17-5-3-4-6-18(17)21-26-12-20-22(28-21)30(23(31)27-20)13-15-7-9-16(10-8-15)19(11-24)29-25/h3-12,14,29H,13,24-25H2,1-2H3,(H,27,31)/b19-11-. The minimum atomic E-state index is -0.228. The van der Waals surface area contributed by atoms with Gasteiger partial charge in [-0.25, -0.2) is 14.8 Å². The minimum absolute atomic E-state index is 0.228. The Balaban J connectivity index is 1.73. The fraction of sp³-hybridized carbons (Fsp3) is 0.174. The number of benzene rings is 2. The summed E-state index contributed by atoms with van der Waals surface area (Å²) in [6.45, 7) is 4.65. The van der Waals surface area contributed by atoms with Gasteiger partial charge in [-0.2, -0.15) is 0 Å². The lowest BCUT2D eigenvalue weighted by Crippen LogP contribution is -2.21. The van der Waals surface area contributed by atoms with E-state index in [1.807, 2.05) is 42.5 Å². The highest BCUT2D eigenvalue weighted by atomic mass is 16.1. The number of aromatic nitrogens is 4. The molecule has 0 radical (unpaired) electrons. The van der Waals surface area contributed by atoms with Crippen molar-refractivity contribution in [1.29, 1.82) is 0 Å². The van der Waals surface area contributed by atoms with E-state index < -0.39 is 0 Å². The first kappa shape index (κ1) is 20.4. The Morgan fingerprint density at radius 3 is 2.61 bits per heavy atom. The molecule has 0 atom stereocenters. The molecule has 8 heteroatoms. The maximum Gasteiger partial charge on any atom is 0.328 e. The Labute approximate surface area is 179 Å². The lowest BCUT2D eigenvalue weighted by Gasteiger charge is -2.11. The Morgan fingerprint density at radius 1 is 1.19 bits per heavy atom. The molecule has 2 aromatic heterocycles. The lowest BCUT2D eigenvalue weighted by atomic mass is 9.97. The van der Waals surface area contributed by atoms with Crippen molar-refractivity contribution in [3.63, 3.8) is 0 Å². The van der Waals surface area contributed by atoms with Gasteiger partial charge in [-0.15, -0.1) is 0 Å². The molecule has 0 aliphatic carbocycles. The number of imidazole rings is 1. The van der Waals surface area contributed by atoms with Gasteiger partial charge in [0.25, 0.3) is 0 Å². The number of nitrogens with two attached hydrogens (primary N) is 2. The molecule has 4 rings (SSSR count). The van der Waals surface area contributed by atoms with E-state index in [-0.39, 0.29) is 5.69 Å². The molecule has 0 spiro atoms. The van der Waals surface area contributed by atoms with Gasteiger partial charge in [0.05, 0.1) is 18.4 Å². The number of hydrazine groups is 1. The minimum Gasteiger partial charge on any atom is -0.403 e. The van der Waals surface area contributed by atoms with Crippen LogP contribution in [0.25, 0.3) is 28.2 Å². The molecule has 0 aliphatic heterocycles. The Bertz CT molecular complexity index is 1300. The molecule has 0 amide bonds. The van der Waals surface area contributed by atoms with Crippen LogP contribution in [-0.4, -0.2) is 19.5 Å². The first-order chi connectivity index (χ1) is 15.0. The number of H-pyrrole nitrogens is 1. The summed E-state index contributed by atoms with van der Waals surface area (Å²) in [7, 11) is 0. The third kappa shape index (κ3) is 3.93. The van der Waals surface area contributed by atoms with Crippen LogP contribution in [0.1, 0.15) is 36.5 Å². The summed E-state index contributed by atoms with van der Waals surface area (Å²) in [5, 5.41) is 0. The lowest BCUT2D eigenvalue weighted by molar-refractivity contribution is 0.777. The maximum absolute atomic E-state index is 12.6. The van der Waals surface area contributed by atoms with Crippen molar-refractivity contribution in [2.75, 3.05) is 0 Å². The van der Waals surface area contributed by atoms with Gasteiger partial charge in [0.15, 0.2) is 11.5 Å². The summed E-state index contributed by atoms with van der Waals surface area (Å²) in [5.74, 6) is 6.41. The Hall–Kier alpha value is -3.91. The average Bonchev–Trinajstić information content (AvgIpc) is 3.10. The van der Waals surface area contributed by atoms with Crippen LogP contribution in [-0.2, 0) is 6.54 Å². The van der Waals surface area contributed by atoms with Gasteiger partial charge >= 0.3 is 5.69 Å². The highest BCUT2D eigenvalue weighted by Gasteiger charge is 2.15. The predicted molar refractivity (Wildman–Crippen MR) is 123 cm³/mol. The van der Waals surface area contributed by atoms with Gasteiger partial charge < -0.3 is 16.1 Å². The summed E-state index contributed by atoms with van der Waals surface area (Å²) in [6.07, 6.45) is 3.08. The van der Waals surface area contributed by atoms with Crippen LogP contribution in [0.3, 0.4) is 0 Å². The van der Waals surface area contributed by atoms with E-state index in [1.54, 1.807) is 10.8 Å². The molecule has 0 aliphatic rings. The van der Waals surface area contributed by atoms with Gasteiger partial charge in [0.1, 0.15) is 5.52 Å². The second kappa shape index (κ2) is 8.45. The van der Waals surface area contributed by atoms with Crippen LogP contribution in [0, 0.1) is 0 Å². The molecule has 0 saturated heterocycles. The van der Waals surface area contributed by atoms with Crippen molar-refractivity contribution in [2.45, 2.75) is 26.3 Å². The number of nitrogens with zero attached hydrogens (tertiary/aromatic N) is 3. The van der Waals surface area contributed by atoms with Crippen molar-refractivity contribution in [3.8, 4) is 11.4 Å². The van der Waals surface area contributed by atoms with Crippen molar-refractivity contribution in [3.05, 3.63) is 88.1 Å². The quantitative estimate of drug-likeness (QED) is 0.283. The van der Waals surface area contributed by atoms with Crippen LogP contribution >= 0.6 is 0 Å². The molecule has 2 heterocycles. The number of rotatable bonds is 6. The van der Waals surface area contributed by atoms with E-state index in [9.17, 15) is 4.79 Å². The molecular weight excluding hydrogens is 390 g/mol. The summed E-state index contributed by atoms with van der Waals surface area (Å²) in [4.78, 5) is 24.7. The molecule has 2 aromatic carbocycles. The predicted octanol–water partition coefficient (Wildman–Crippen LogP) is 2.68. The monoisotopic (exact) mass is 415 g/mol. The summed E-state index contributed by atoms with van der Waals surface area (Å²) in [6, 6.07) is 15.7. The zero-order valence-corrected chi connectivity index (χ0v) is 17.5. The first-order valence-corrected chi connectivity index (χ1v) is 10.0. The molecule has 8 nitrogen and oxygen atoms in total. The topological polar surface area (TPSA) is 128 Å². The fourth-order valence-corrected chi connectivity index (χ4v) is 3.63. The zero-order chi connectivity index (χ0) is 22.0. The normalized spacial score (nSPS) is 11.9. The Kier molecular flexibility index (Phi) is 5.55. The van der Waals surface area contributed by atoms with Crippen LogP contribution in [0.4, 0.5) is 0 Å². The second-order valence-electron chi connectivity index (χ2n) is 7.61. The zero-order valence-electron chi connectivity index (χ0n) is 17.5. The van der Waals surface area contributed by atoms with Crippen molar-refractivity contribution >= 4 is 16.9 Å². The van der Waals surface area contributed by atoms with Gasteiger partial charge in [-0.1, -0.05) is 62.4 Å². The van der Waals surface area contributed by atoms with Crippen LogP contribution in [0.2, 0.25) is 0 Å². The van der Waals surface area contributed by atoms with E-state index in [0.717, 1.165) is 16.7 Å². The first-order valence-electron chi connectivity index (χ1n) is 10.0. The van der Waals surface area contributed by atoms with Crippen LogP contribution in [0.15, 0.2) is 65.7 Å². The van der Waals surface area contributed by atoms with Crippen molar-refractivity contribution in [1.82, 2.24) is 24.9 Å². The maximum atomic E-state index is 12.6. The summed E-state index contributed by atoms with van der Waals surface area (Å²) in [5.41, 5.74) is 13.6. The number of nitrogens with one attached hydrogen (secondary N) is 2. The summed E-state index contributed by atoms with van der Waals surface area (Å²) < 4.78 is 1.62. The van der Waals surface area contributed by atoms with Gasteiger partial charge in [0, 0.05) is 17.3 Å². The molecular formula is C23H25N7O. The molecule has 0 fully saturated rings. The van der Waals surface area contributed by atoms with Gasteiger partial charge in [-0.3, -0.25) is 10.4 Å². The second-order valence-corrected chi connectivity index (χ2v) is 7.61. The van der Waals surface area contributed by atoms with E-state index in [4.69, 9.17) is 16.6 Å². The molecule has 4 aromatic rings. The highest BCUT2D eigenvalue weighted by molar-refractivity contribution is 5.74. The number of hydrogen-bond donors (Lipinski definition) is 4. The fourth-order valence-electron chi connectivity index (χ4n) is 3.63. The largest absolute Gasteiger partial charge is 0.403 e. The molecule has 31 heavy (non-hydrogen) atoms. The van der Waals surface area contributed by atoms with E-state index in [2.05, 4.69) is 35.3 Å². The molecule has 0 unspecified atom stereocenters. The summed E-state index contributed by atoms with van der Waals surface area (Å²) >= 11 is 0. The average molecular weight is 416 g/mol. The third-order valence-electron chi connectivity index (χ3n) is 5.26. The third-order valence-corrected chi connectivity index (χ3v) is 5.26. The van der Waals surface area contributed by atoms with Gasteiger partial charge in [-0.05, 0) is 17.0 Å². The Morgan fingerprint density at radius 2 is 1.94 bits per heavy atom. The SMILES string of the molecule is CC(C)c1ccccc1-c1ncc2[nH]c(=O)n(Cc3ccc(/C(=C/N)NN)cc3)c2n1. The molecule has 158 valence electrons. The van der Waals surface area contributed by atoms with Crippen LogP contribution < -0.4 is 22.7 Å². The van der Waals surface area contributed by atoms with E-state index in [1.165, 1.54) is 11.8 Å².